The molecule has 0 saturated heterocycles. The summed E-state index contributed by atoms with van der Waals surface area (Å²) in [6.45, 7) is 8.72. The SMILES string of the molecule is Cc1ccc(S(=O)(=O)OCCCOc2ccc(NC(=O)CCCOC(C)(C)C)cc2)cc1. The van der Waals surface area contributed by atoms with E-state index in [0.717, 1.165) is 5.56 Å². The van der Waals surface area contributed by atoms with Crippen molar-refractivity contribution >= 4 is 21.7 Å². The molecule has 32 heavy (non-hydrogen) atoms. The van der Waals surface area contributed by atoms with Gasteiger partial charge in [-0.15, -0.1) is 0 Å². The summed E-state index contributed by atoms with van der Waals surface area (Å²) in [7, 11) is -3.76. The first-order valence-corrected chi connectivity index (χ1v) is 12.1. The predicted molar refractivity (Wildman–Crippen MR) is 124 cm³/mol. The van der Waals surface area contributed by atoms with Crippen LogP contribution in [0.3, 0.4) is 0 Å². The highest BCUT2D eigenvalue weighted by Crippen LogP contribution is 2.17. The lowest BCUT2D eigenvalue weighted by Crippen LogP contribution is -2.20. The van der Waals surface area contributed by atoms with Gasteiger partial charge in [0.15, 0.2) is 0 Å². The fourth-order valence-corrected chi connectivity index (χ4v) is 3.60. The van der Waals surface area contributed by atoms with Gasteiger partial charge in [0.1, 0.15) is 5.75 Å². The molecule has 0 heterocycles. The minimum atomic E-state index is -3.76. The van der Waals surface area contributed by atoms with Gasteiger partial charge in [0.05, 0.1) is 23.7 Å². The number of aryl methyl sites for hydroxylation is 1. The quantitative estimate of drug-likeness (QED) is 0.362. The molecule has 0 aromatic heterocycles. The molecule has 1 amide bonds. The van der Waals surface area contributed by atoms with E-state index in [4.69, 9.17) is 13.7 Å². The first-order valence-electron chi connectivity index (χ1n) is 10.7. The first-order chi connectivity index (χ1) is 15.0. The van der Waals surface area contributed by atoms with Gasteiger partial charge in [-0.25, -0.2) is 0 Å². The Morgan fingerprint density at radius 2 is 1.56 bits per heavy atom. The van der Waals surface area contributed by atoms with Crippen molar-refractivity contribution in [2.45, 2.75) is 57.5 Å². The van der Waals surface area contributed by atoms with Crippen LogP contribution in [0.25, 0.3) is 0 Å². The maximum atomic E-state index is 12.1. The zero-order valence-corrected chi connectivity index (χ0v) is 20.0. The van der Waals surface area contributed by atoms with Crippen molar-refractivity contribution < 1.29 is 26.9 Å². The number of ether oxygens (including phenoxy) is 2. The van der Waals surface area contributed by atoms with Gasteiger partial charge in [0.2, 0.25) is 5.91 Å². The van der Waals surface area contributed by atoms with Gasteiger partial charge < -0.3 is 14.8 Å². The number of carbonyl (C=O) groups excluding carboxylic acids is 1. The molecule has 0 fully saturated rings. The zero-order valence-electron chi connectivity index (χ0n) is 19.2. The Labute approximate surface area is 191 Å². The summed E-state index contributed by atoms with van der Waals surface area (Å²) in [6.07, 6.45) is 1.46. The third kappa shape index (κ3) is 9.80. The summed E-state index contributed by atoms with van der Waals surface area (Å²) in [5, 5.41) is 2.84. The monoisotopic (exact) mass is 463 g/mol. The molecule has 0 atom stereocenters. The molecule has 176 valence electrons. The molecule has 0 aliphatic carbocycles. The zero-order chi connectivity index (χ0) is 23.6. The molecular weight excluding hydrogens is 430 g/mol. The molecule has 8 heteroatoms. The Bertz CT molecular complexity index is 947. The maximum absolute atomic E-state index is 12.1. The molecule has 0 spiro atoms. The second kappa shape index (κ2) is 12.0. The summed E-state index contributed by atoms with van der Waals surface area (Å²) in [4.78, 5) is 12.1. The number of hydrogen-bond acceptors (Lipinski definition) is 6. The van der Waals surface area contributed by atoms with E-state index < -0.39 is 10.1 Å². The van der Waals surface area contributed by atoms with E-state index in [9.17, 15) is 13.2 Å². The van der Waals surface area contributed by atoms with Crippen molar-refractivity contribution in [1.82, 2.24) is 0 Å². The second-order valence-corrected chi connectivity index (χ2v) is 10.0. The van der Waals surface area contributed by atoms with Crippen molar-refractivity contribution in [2.75, 3.05) is 25.1 Å². The summed E-state index contributed by atoms with van der Waals surface area (Å²) < 4.78 is 40.5. The number of benzene rings is 2. The number of amides is 1. The average molecular weight is 464 g/mol. The standard InChI is InChI=1S/C24H33NO6S/c1-19-8-14-22(15-9-19)32(27,28)31-18-6-16-29-21-12-10-20(11-13-21)25-23(26)7-5-17-30-24(2,3)4/h8-15H,5-7,16-18H2,1-4H3,(H,25,26). The molecular formula is C24H33NO6S. The van der Waals surface area contributed by atoms with Gasteiger partial charge in [-0.3, -0.25) is 8.98 Å². The van der Waals surface area contributed by atoms with Crippen LogP contribution < -0.4 is 10.1 Å². The van der Waals surface area contributed by atoms with Crippen LogP contribution in [0.15, 0.2) is 53.4 Å². The molecule has 2 rings (SSSR count). The van der Waals surface area contributed by atoms with E-state index >= 15 is 0 Å². The highest BCUT2D eigenvalue weighted by Gasteiger charge is 2.14. The smallest absolute Gasteiger partial charge is 0.296 e. The third-order valence-electron chi connectivity index (χ3n) is 4.33. The van der Waals surface area contributed by atoms with Crippen LogP contribution in [0.5, 0.6) is 5.75 Å². The Morgan fingerprint density at radius 1 is 0.906 bits per heavy atom. The largest absolute Gasteiger partial charge is 0.494 e. The van der Waals surface area contributed by atoms with Crippen LogP contribution in [0, 0.1) is 6.92 Å². The van der Waals surface area contributed by atoms with Crippen LogP contribution in [0.1, 0.15) is 45.6 Å². The van der Waals surface area contributed by atoms with Gasteiger partial charge in [-0.2, -0.15) is 8.42 Å². The second-order valence-electron chi connectivity index (χ2n) is 8.43. The fourth-order valence-electron chi connectivity index (χ4n) is 2.66. The van der Waals surface area contributed by atoms with Gasteiger partial charge in [0.25, 0.3) is 10.1 Å². The Morgan fingerprint density at radius 3 is 2.19 bits per heavy atom. The fraction of sp³-hybridized carbons (Fsp3) is 0.458. The van der Waals surface area contributed by atoms with Crippen LogP contribution in [-0.2, 0) is 23.8 Å². The van der Waals surface area contributed by atoms with Gasteiger partial charge in [0, 0.05) is 25.1 Å². The van der Waals surface area contributed by atoms with Crippen molar-refractivity contribution in [3.63, 3.8) is 0 Å². The molecule has 0 aliphatic heterocycles. The number of rotatable bonds is 12. The summed E-state index contributed by atoms with van der Waals surface area (Å²) in [6, 6.07) is 13.5. The maximum Gasteiger partial charge on any atom is 0.296 e. The molecule has 1 N–H and O–H groups in total. The van der Waals surface area contributed by atoms with Crippen molar-refractivity contribution in [3.8, 4) is 5.75 Å². The minimum Gasteiger partial charge on any atom is -0.494 e. The molecule has 0 unspecified atom stereocenters. The van der Waals surface area contributed by atoms with Crippen molar-refractivity contribution in [1.29, 1.82) is 0 Å². The molecule has 2 aromatic rings. The van der Waals surface area contributed by atoms with Gasteiger partial charge in [-0.1, -0.05) is 17.7 Å². The van der Waals surface area contributed by atoms with E-state index in [-0.39, 0.29) is 23.0 Å². The highest BCUT2D eigenvalue weighted by atomic mass is 32.2. The number of nitrogens with one attached hydrogen (secondary N) is 1. The summed E-state index contributed by atoms with van der Waals surface area (Å²) in [5.74, 6) is 0.561. The normalized spacial score (nSPS) is 11.9. The van der Waals surface area contributed by atoms with Crippen molar-refractivity contribution in [3.05, 3.63) is 54.1 Å². The molecule has 0 bridgehead atoms. The lowest BCUT2D eigenvalue weighted by atomic mass is 10.2. The molecule has 0 radical (unpaired) electrons. The highest BCUT2D eigenvalue weighted by molar-refractivity contribution is 7.86. The molecule has 2 aromatic carbocycles. The molecule has 7 nitrogen and oxygen atoms in total. The number of hydrogen-bond donors (Lipinski definition) is 1. The van der Waals surface area contributed by atoms with E-state index in [1.165, 1.54) is 12.1 Å². The lowest BCUT2D eigenvalue weighted by molar-refractivity contribution is -0.116. The van der Waals surface area contributed by atoms with Crippen LogP contribution >= 0.6 is 0 Å². The van der Waals surface area contributed by atoms with E-state index in [1.54, 1.807) is 36.4 Å². The molecule has 0 saturated carbocycles. The Balaban J connectivity index is 1.65. The summed E-state index contributed by atoms with van der Waals surface area (Å²) >= 11 is 0. The van der Waals surface area contributed by atoms with Gasteiger partial charge in [-0.05, 0) is 70.5 Å². The number of anilines is 1. The van der Waals surface area contributed by atoms with E-state index in [1.807, 2.05) is 27.7 Å². The topological polar surface area (TPSA) is 90.9 Å². The van der Waals surface area contributed by atoms with E-state index in [2.05, 4.69) is 5.32 Å². The summed E-state index contributed by atoms with van der Waals surface area (Å²) in [5.41, 5.74) is 1.47. The Hall–Kier alpha value is -2.42. The minimum absolute atomic E-state index is 0.0310. The third-order valence-corrected chi connectivity index (χ3v) is 5.65. The Kier molecular flexibility index (Phi) is 9.68. The van der Waals surface area contributed by atoms with Crippen molar-refractivity contribution in [2.24, 2.45) is 0 Å². The van der Waals surface area contributed by atoms with Crippen LogP contribution in [0.4, 0.5) is 5.69 Å². The first kappa shape index (κ1) is 25.8. The van der Waals surface area contributed by atoms with Crippen LogP contribution in [-0.4, -0.2) is 39.7 Å². The lowest BCUT2D eigenvalue weighted by Gasteiger charge is -2.19. The van der Waals surface area contributed by atoms with Gasteiger partial charge >= 0.3 is 0 Å². The van der Waals surface area contributed by atoms with Crippen LogP contribution in [0.2, 0.25) is 0 Å². The average Bonchev–Trinajstić information content (AvgIpc) is 2.72. The number of carbonyl (C=O) groups is 1. The molecule has 0 aliphatic rings. The predicted octanol–water partition coefficient (Wildman–Crippen LogP) is 4.70. The van der Waals surface area contributed by atoms with E-state index in [0.29, 0.717) is 43.9 Å².